The van der Waals surface area contributed by atoms with Gasteiger partial charge in [-0.25, -0.2) is 0 Å². The standard InChI is InChI=1S/C28H32N2O5/c1-3-16-35-22-10-11-23(20(2)19-22)26(31)24-25(21-8-5-4-6-9-21)30(28(33)27(24)32)13-7-12-29-14-17-34-18-15-29/h3-6,8-11,19,25,31H,1,7,12-18H2,2H3/t25-/m0/s1. The lowest BCUT2D eigenvalue weighted by molar-refractivity contribution is -0.140. The number of carbonyl (C=O) groups is 2. The maximum Gasteiger partial charge on any atom is 0.295 e. The maximum absolute atomic E-state index is 13.2. The van der Waals surface area contributed by atoms with Crippen molar-refractivity contribution >= 4 is 17.4 Å². The van der Waals surface area contributed by atoms with Crippen LogP contribution in [0, 0.1) is 6.92 Å². The Balaban J connectivity index is 1.65. The Morgan fingerprint density at radius 3 is 2.57 bits per heavy atom. The van der Waals surface area contributed by atoms with Crippen LogP contribution in [0.3, 0.4) is 0 Å². The predicted molar refractivity (Wildman–Crippen MR) is 134 cm³/mol. The quantitative estimate of drug-likeness (QED) is 0.257. The highest BCUT2D eigenvalue weighted by molar-refractivity contribution is 6.46. The first-order valence-corrected chi connectivity index (χ1v) is 12.0. The van der Waals surface area contributed by atoms with E-state index < -0.39 is 17.7 Å². The van der Waals surface area contributed by atoms with E-state index in [-0.39, 0.29) is 11.3 Å². The zero-order valence-electron chi connectivity index (χ0n) is 20.1. The van der Waals surface area contributed by atoms with E-state index in [4.69, 9.17) is 9.47 Å². The molecule has 2 aliphatic rings. The molecule has 2 heterocycles. The van der Waals surface area contributed by atoms with Crippen LogP contribution in [0.15, 0.2) is 66.8 Å². The normalized spacial score (nSPS) is 20.3. The minimum Gasteiger partial charge on any atom is -0.507 e. The van der Waals surface area contributed by atoms with Gasteiger partial charge >= 0.3 is 0 Å². The summed E-state index contributed by atoms with van der Waals surface area (Å²) in [5.41, 5.74) is 2.16. The van der Waals surface area contributed by atoms with Crippen molar-refractivity contribution < 1.29 is 24.2 Å². The van der Waals surface area contributed by atoms with Crippen LogP contribution < -0.4 is 4.74 Å². The lowest BCUT2D eigenvalue weighted by Crippen LogP contribution is -2.38. The number of carbonyl (C=O) groups excluding carboxylic acids is 2. The Morgan fingerprint density at radius 1 is 1.14 bits per heavy atom. The average Bonchev–Trinajstić information content (AvgIpc) is 3.13. The molecule has 0 aliphatic carbocycles. The summed E-state index contributed by atoms with van der Waals surface area (Å²) >= 11 is 0. The fourth-order valence-corrected chi connectivity index (χ4v) is 4.67. The van der Waals surface area contributed by atoms with E-state index in [2.05, 4.69) is 11.5 Å². The van der Waals surface area contributed by atoms with Gasteiger partial charge in [0.25, 0.3) is 11.7 Å². The van der Waals surface area contributed by atoms with E-state index in [1.807, 2.05) is 37.3 Å². The molecule has 2 fully saturated rings. The van der Waals surface area contributed by atoms with Crippen molar-refractivity contribution in [2.75, 3.05) is 46.0 Å². The number of benzene rings is 2. The van der Waals surface area contributed by atoms with Crippen LogP contribution in [0.1, 0.15) is 29.2 Å². The van der Waals surface area contributed by atoms with E-state index in [1.165, 1.54) is 0 Å². The molecule has 2 aliphatic heterocycles. The summed E-state index contributed by atoms with van der Waals surface area (Å²) in [5, 5.41) is 11.3. The van der Waals surface area contributed by atoms with Crippen molar-refractivity contribution in [3.05, 3.63) is 83.4 Å². The smallest absolute Gasteiger partial charge is 0.295 e. The minimum atomic E-state index is -0.658. The molecule has 2 aromatic rings. The molecule has 0 unspecified atom stereocenters. The fraction of sp³-hybridized carbons (Fsp3) is 0.357. The van der Waals surface area contributed by atoms with Crippen molar-refractivity contribution in [1.29, 1.82) is 0 Å². The summed E-state index contributed by atoms with van der Waals surface area (Å²) in [6.45, 7) is 10.3. The number of ether oxygens (including phenoxy) is 2. The lowest BCUT2D eigenvalue weighted by Gasteiger charge is -2.29. The van der Waals surface area contributed by atoms with E-state index in [0.29, 0.717) is 37.7 Å². The molecule has 0 spiro atoms. The van der Waals surface area contributed by atoms with Gasteiger partial charge in [0, 0.05) is 31.7 Å². The van der Waals surface area contributed by atoms with Gasteiger partial charge in [-0.15, -0.1) is 0 Å². The van der Waals surface area contributed by atoms with E-state index in [0.717, 1.165) is 37.2 Å². The molecule has 1 atom stereocenters. The van der Waals surface area contributed by atoms with Gasteiger partial charge in [-0.05, 0) is 42.7 Å². The third-order valence-electron chi connectivity index (χ3n) is 6.45. The summed E-state index contributed by atoms with van der Waals surface area (Å²) in [6.07, 6.45) is 2.38. The first kappa shape index (κ1) is 24.7. The van der Waals surface area contributed by atoms with Crippen molar-refractivity contribution in [3.8, 4) is 5.75 Å². The molecule has 2 aromatic carbocycles. The molecule has 0 bridgehead atoms. The number of amides is 1. The van der Waals surface area contributed by atoms with Crippen LogP contribution in [0.4, 0.5) is 0 Å². The molecular formula is C28H32N2O5. The first-order valence-electron chi connectivity index (χ1n) is 12.0. The lowest BCUT2D eigenvalue weighted by atomic mass is 9.94. The zero-order valence-corrected chi connectivity index (χ0v) is 20.1. The van der Waals surface area contributed by atoms with E-state index in [9.17, 15) is 14.7 Å². The SMILES string of the molecule is C=CCOc1ccc(C(O)=C2C(=O)C(=O)N(CCCN3CCOCC3)[C@H]2c2ccccc2)c(C)c1. The molecule has 1 N–H and O–H groups in total. The molecule has 7 nitrogen and oxygen atoms in total. The highest BCUT2D eigenvalue weighted by atomic mass is 16.5. The second-order valence-electron chi connectivity index (χ2n) is 8.79. The van der Waals surface area contributed by atoms with Crippen LogP contribution in [-0.2, 0) is 14.3 Å². The molecular weight excluding hydrogens is 444 g/mol. The number of hydrogen-bond acceptors (Lipinski definition) is 6. The van der Waals surface area contributed by atoms with Gasteiger partial charge in [-0.1, -0.05) is 43.0 Å². The average molecular weight is 477 g/mol. The largest absolute Gasteiger partial charge is 0.507 e. The van der Waals surface area contributed by atoms with Gasteiger partial charge in [-0.2, -0.15) is 0 Å². The molecule has 0 aromatic heterocycles. The Kier molecular flexibility index (Phi) is 8.00. The summed E-state index contributed by atoms with van der Waals surface area (Å²) in [4.78, 5) is 30.3. The molecule has 0 radical (unpaired) electrons. The van der Waals surface area contributed by atoms with Crippen molar-refractivity contribution in [2.24, 2.45) is 0 Å². The van der Waals surface area contributed by atoms with Crippen molar-refractivity contribution in [3.63, 3.8) is 0 Å². The number of likely N-dealkylation sites (tertiary alicyclic amines) is 1. The summed E-state index contributed by atoms with van der Waals surface area (Å²) in [7, 11) is 0. The number of morpholine rings is 1. The Bertz CT molecular complexity index is 1110. The number of Topliss-reactive ketones (excluding diaryl/α,β-unsaturated/α-hetero) is 1. The topological polar surface area (TPSA) is 79.3 Å². The number of nitrogens with zero attached hydrogens (tertiary/aromatic N) is 2. The number of aliphatic hydroxyl groups excluding tert-OH is 1. The number of rotatable bonds is 9. The molecule has 35 heavy (non-hydrogen) atoms. The number of aryl methyl sites for hydroxylation is 1. The number of ketones is 1. The summed E-state index contributed by atoms with van der Waals surface area (Å²) in [5.74, 6) is -0.761. The summed E-state index contributed by atoms with van der Waals surface area (Å²) in [6, 6.07) is 14.0. The Morgan fingerprint density at radius 2 is 1.89 bits per heavy atom. The second-order valence-corrected chi connectivity index (χ2v) is 8.79. The van der Waals surface area contributed by atoms with Gasteiger partial charge < -0.3 is 19.5 Å². The minimum absolute atomic E-state index is 0.121. The number of aliphatic hydroxyl groups is 1. The molecule has 4 rings (SSSR count). The van der Waals surface area contributed by atoms with Crippen LogP contribution in [-0.4, -0.2) is 72.6 Å². The third kappa shape index (κ3) is 5.47. The molecule has 184 valence electrons. The Labute approximate surface area is 206 Å². The van der Waals surface area contributed by atoms with Crippen molar-refractivity contribution in [1.82, 2.24) is 9.80 Å². The second kappa shape index (κ2) is 11.3. The summed E-state index contributed by atoms with van der Waals surface area (Å²) < 4.78 is 11.0. The molecule has 0 saturated carbocycles. The van der Waals surface area contributed by atoms with Gasteiger partial charge in [-0.3, -0.25) is 14.5 Å². The van der Waals surface area contributed by atoms with Gasteiger partial charge in [0.2, 0.25) is 0 Å². The first-order chi connectivity index (χ1) is 17.0. The van der Waals surface area contributed by atoms with E-state index in [1.54, 1.807) is 29.2 Å². The maximum atomic E-state index is 13.2. The highest BCUT2D eigenvalue weighted by Crippen LogP contribution is 2.40. The third-order valence-corrected chi connectivity index (χ3v) is 6.45. The van der Waals surface area contributed by atoms with Gasteiger partial charge in [0.05, 0.1) is 24.8 Å². The molecule has 1 amide bonds. The van der Waals surface area contributed by atoms with Crippen LogP contribution in [0.2, 0.25) is 0 Å². The predicted octanol–water partition coefficient (Wildman–Crippen LogP) is 3.70. The molecule has 2 saturated heterocycles. The van der Waals surface area contributed by atoms with Crippen LogP contribution in [0.25, 0.3) is 5.76 Å². The van der Waals surface area contributed by atoms with Crippen molar-refractivity contribution in [2.45, 2.75) is 19.4 Å². The fourth-order valence-electron chi connectivity index (χ4n) is 4.67. The molecule has 7 heteroatoms. The van der Waals surface area contributed by atoms with Crippen LogP contribution >= 0.6 is 0 Å². The van der Waals surface area contributed by atoms with Gasteiger partial charge in [0.15, 0.2) is 0 Å². The van der Waals surface area contributed by atoms with E-state index >= 15 is 0 Å². The Hall–Kier alpha value is -3.42. The van der Waals surface area contributed by atoms with Crippen LogP contribution in [0.5, 0.6) is 5.75 Å². The monoisotopic (exact) mass is 476 g/mol. The number of hydrogen-bond donors (Lipinski definition) is 1. The zero-order chi connectivity index (χ0) is 24.8. The van der Waals surface area contributed by atoms with Gasteiger partial charge in [0.1, 0.15) is 18.1 Å². The highest BCUT2D eigenvalue weighted by Gasteiger charge is 2.45.